The van der Waals surface area contributed by atoms with Crippen molar-refractivity contribution in [3.63, 3.8) is 0 Å². The largest absolute Gasteiger partial charge is 0.181 e. The van der Waals surface area contributed by atoms with Gasteiger partial charge in [-0.05, 0) is 13.8 Å². The number of rotatable bonds is 0. The van der Waals surface area contributed by atoms with Gasteiger partial charge in [0.25, 0.3) is 0 Å². The lowest BCUT2D eigenvalue weighted by atomic mass is 10.4. The van der Waals surface area contributed by atoms with Crippen LogP contribution in [0.15, 0.2) is 12.2 Å². The topological polar surface area (TPSA) is 0 Å². The highest BCUT2D eigenvalue weighted by Crippen LogP contribution is 1.73. The molecular weight excluding hydrogens is 112 g/mol. The number of halogens is 1. The monoisotopic (exact) mass is 122 g/mol. The van der Waals surface area contributed by atoms with E-state index in [4.69, 9.17) is 11.1 Å². The van der Waals surface area contributed by atoms with E-state index < -0.39 is 0 Å². The molecule has 0 radical (unpaired) electrons. The van der Waals surface area contributed by atoms with E-state index in [0.29, 0.717) is 0 Å². The van der Waals surface area contributed by atoms with E-state index in [1.807, 2.05) is 13.8 Å². The molecule has 0 aliphatic carbocycles. The van der Waals surface area contributed by atoms with Gasteiger partial charge in [0, 0.05) is 0 Å². The minimum Gasteiger partial charge on any atom is -0.181 e. The van der Waals surface area contributed by atoms with E-state index in [2.05, 4.69) is 6.58 Å². The van der Waals surface area contributed by atoms with E-state index in [9.17, 15) is 0 Å². The van der Waals surface area contributed by atoms with Crippen molar-refractivity contribution in [1.82, 2.24) is 0 Å². The Hall–Kier alpha value is 0.247. The molecule has 2 heteroatoms. The summed E-state index contributed by atoms with van der Waals surface area (Å²) in [6, 6.07) is 0. The van der Waals surface area contributed by atoms with Crippen LogP contribution < -0.4 is 0 Å². The van der Waals surface area contributed by atoms with Gasteiger partial charge in [-0.3, -0.25) is 0 Å². The lowest BCUT2D eigenvalue weighted by Crippen LogP contribution is -1.43. The van der Waals surface area contributed by atoms with E-state index in [1.165, 1.54) is 5.57 Å². The van der Waals surface area contributed by atoms with Crippen LogP contribution in [0.25, 0.3) is 0 Å². The molecule has 6 heavy (non-hydrogen) atoms. The van der Waals surface area contributed by atoms with Gasteiger partial charge in [0.2, 0.25) is 0 Å². The van der Waals surface area contributed by atoms with Crippen LogP contribution in [0.5, 0.6) is 0 Å². The molecule has 0 nitrogen and oxygen atoms in total. The maximum Gasteiger partial charge on any atom is 0.109 e. The Morgan fingerprint density at radius 1 is 1.50 bits per heavy atom. The maximum absolute atomic E-state index is 4.78. The molecular formula is C4H11ClSi. The quantitative estimate of drug-likeness (QED) is 0.256. The van der Waals surface area contributed by atoms with Crippen molar-refractivity contribution in [2.75, 3.05) is 0 Å². The molecule has 0 saturated carbocycles. The lowest BCUT2D eigenvalue weighted by Gasteiger charge is -1.65. The van der Waals surface area contributed by atoms with Gasteiger partial charge in [0.1, 0.15) is 9.55 Å². The zero-order valence-electron chi connectivity index (χ0n) is 4.59. The predicted octanol–water partition coefficient (Wildman–Crippen LogP) is 1.09. The summed E-state index contributed by atoms with van der Waals surface area (Å²) < 4.78 is 0. The summed E-state index contributed by atoms with van der Waals surface area (Å²) in [4.78, 5) is 0. The van der Waals surface area contributed by atoms with Crippen molar-refractivity contribution in [1.29, 1.82) is 0 Å². The first kappa shape index (κ1) is 9.54. The third-order valence-corrected chi connectivity index (χ3v) is 0. The summed E-state index contributed by atoms with van der Waals surface area (Å²) in [5.74, 6) is 0. The molecule has 38 valence electrons. The van der Waals surface area contributed by atoms with Crippen molar-refractivity contribution in [3.8, 4) is 0 Å². The maximum atomic E-state index is 4.78. The van der Waals surface area contributed by atoms with Gasteiger partial charge < -0.3 is 0 Å². The van der Waals surface area contributed by atoms with Gasteiger partial charge in [-0.2, -0.15) is 11.1 Å². The molecule has 0 bridgehead atoms. The highest BCUT2D eigenvalue weighted by Gasteiger charge is 1.51. The molecule has 0 aromatic rings. The van der Waals surface area contributed by atoms with E-state index in [0.717, 1.165) is 9.55 Å². The van der Waals surface area contributed by atoms with E-state index >= 15 is 0 Å². The number of allylic oxidation sites excluding steroid dienone is 1. The molecule has 0 amide bonds. The molecule has 0 unspecified atom stereocenters. The minimum atomic E-state index is 0.778. The van der Waals surface area contributed by atoms with Crippen LogP contribution in [0.4, 0.5) is 0 Å². The molecule has 0 spiro atoms. The second kappa shape index (κ2) is 8.98. The Labute approximate surface area is 47.3 Å². The standard InChI is InChI=1S/C4H8.ClH3Si/c1-4(2)3;1-2/h1H2,2-3H3;2H3. The zero-order chi connectivity index (χ0) is 5.58. The first-order chi connectivity index (χ1) is 2.73. The molecule has 0 heterocycles. The van der Waals surface area contributed by atoms with E-state index in [-0.39, 0.29) is 0 Å². The summed E-state index contributed by atoms with van der Waals surface area (Å²) in [7, 11) is 0.778. The molecule has 0 aromatic heterocycles. The highest BCUT2D eigenvalue weighted by atomic mass is 35.6. The molecule has 0 saturated heterocycles. The first-order valence-corrected chi connectivity index (χ1v) is 4.76. The second-order valence-corrected chi connectivity index (χ2v) is 1.21. The molecule has 0 aromatic carbocycles. The number of hydrogen-bond donors (Lipinski definition) is 0. The van der Waals surface area contributed by atoms with Gasteiger partial charge in [-0.1, -0.05) is 5.57 Å². The molecule has 0 aliphatic heterocycles. The fraction of sp³-hybridized carbons (Fsp3) is 0.500. The Bertz CT molecular complexity index is 30.5. The van der Waals surface area contributed by atoms with Crippen LogP contribution in [0, 0.1) is 0 Å². The van der Waals surface area contributed by atoms with Crippen LogP contribution in [0.2, 0.25) is 0 Å². The van der Waals surface area contributed by atoms with Crippen LogP contribution >= 0.6 is 11.1 Å². The molecule has 0 atom stereocenters. The summed E-state index contributed by atoms with van der Waals surface area (Å²) in [6.07, 6.45) is 0. The van der Waals surface area contributed by atoms with Crippen LogP contribution in [0.1, 0.15) is 13.8 Å². The van der Waals surface area contributed by atoms with Crippen molar-refractivity contribution in [2.45, 2.75) is 13.8 Å². The smallest absolute Gasteiger partial charge is 0.109 e. The van der Waals surface area contributed by atoms with E-state index in [1.54, 1.807) is 0 Å². The first-order valence-electron chi connectivity index (χ1n) is 1.73. The Morgan fingerprint density at radius 2 is 1.50 bits per heavy atom. The summed E-state index contributed by atoms with van der Waals surface area (Å²) in [6.45, 7) is 7.50. The van der Waals surface area contributed by atoms with Crippen molar-refractivity contribution in [2.24, 2.45) is 0 Å². The Balaban J connectivity index is 0. The third-order valence-electron chi connectivity index (χ3n) is 0. The SMILES string of the molecule is C=C(C)C.[SiH3]Cl. The third kappa shape index (κ3) is 735. The summed E-state index contributed by atoms with van der Waals surface area (Å²) in [5.41, 5.74) is 1.17. The van der Waals surface area contributed by atoms with Crippen LogP contribution in [0.3, 0.4) is 0 Å². The van der Waals surface area contributed by atoms with Crippen molar-refractivity contribution in [3.05, 3.63) is 12.2 Å². The predicted molar refractivity (Wildman–Crippen MR) is 36.3 cm³/mol. The average Bonchev–Trinajstić information content (AvgIpc) is 1.41. The molecule has 0 fully saturated rings. The van der Waals surface area contributed by atoms with Gasteiger partial charge >= 0.3 is 0 Å². The molecule has 0 N–H and O–H groups in total. The van der Waals surface area contributed by atoms with Crippen LogP contribution in [-0.2, 0) is 0 Å². The normalized spacial score (nSPS) is 5.83. The van der Waals surface area contributed by atoms with Gasteiger partial charge in [-0.25, -0.2) is 0 Å². The van der Waals surface area contributed by atoms with Gasteiger partial charge in [0.15, 0.2) is 0 Å². The van der Waals surface area contributed by atoms with Gasteiger partial charge in [-0.15, -0.1) is 6.58 Å². The highest BCUT2D eigenvalue weighted by molar-refractivity contribution is 6.80. The molecule has 0 aliphatic rings. The summed E-state index contributed by atoms with van der Waals surface area (Å²) >= 11 is 4.78. The Kier molecular flexibility index (Phi) is 14.3. The molecule has 0 rings (SSSR count). The van der Waals surface area contributed by atoms with Crippen molar-refractivity contribution < 1.29 is 0 Å². The van der Waals surface area contributed by atoms with Crippen LogP contribution in [-0.4, -0.2) is 9.55 Å². The average molecular weight is 123 g/mol. The second-order valence-electron chi connectivity index (χ2n) is 1.21. The van der Waals surface area contributed by atoms with Crippen molar-refractivity contribution >= 4 is 20.6 Å². The fourth-order valence-corrected chi connectivity index (χ4v) is 0. The van der Waals surface area contributed by atoms with Gasteiger partial charge in [0.05, 0.1) is 0 Å². The lowest BCUT2D eigenvalue weighted by molar-refractivity contribution is 1.42. The zero-order valence-corrected chi connectivity index (χ0v) is 7.34. The Morgan fingerprint density at radius 3 is 1.50 bits per heavy atom. The number of hydrogen-bond acceptors (Lipinski definition) is 0. The fourth-order valence-electron chi connectivity index (χ4n) is 0. The summed E-state index contributed by atoms with van der Waals surface area (Å²) in [5, 5.41) is 0. The minimum absolute atomic E-state index is 0.778.